The molecule has 0 amide bonds. The van der Waals surface area contributed by atoms with Crippen molar-refractivity contribution in [1.82, 2.24) is 9.55 Å². The fourth-order valence-corrected chi connectivity index (χ4v) is 2.01. The fourth-order valence-electron chi connectivity index (χ4n) is 2.01. The lowest BCUT2D eigenvalue weighted by atomic mass is 10.2. The van der Waals surface area contributed by atoms with Crippen LogP contribution < -0.4 is 5.43 Å². The Morgan fingerprint density at radius 1 is 1.19 bits per heavy atom. The van der Waals surface area contributed by atoms with Gasteiger partial charge in [-0.15, -0.1) is 0 Å². The highest BCUT2D eigenvalue weighted by Gasteiger charge is 2.16. The van der Waals surface area contributed by atoms with Crippen molar-refractivity contribution in [2.75, 3.05) is 0 Å². The van der Waals surface area contributed by atoms with Crippen LogP contribution in [0.3, 0.4) is 0 Å². The number of fused-ring (bicyclic) bond motifs is 1. The van der Waals surface area contributed by atoms with Crippen molar-refractivity contribution in [3.63, 3.8) is 0 Å². The molecule has 2 aromatic rings. The van der Waals surface area contributed by atoms with Crippen molar-refractivity contribution in [2.45, 2.75) is 32.9 Å². The molecule has 2 aromatic heterocycles. The van der Waals surface area contributed by atoms with Crippen LogP contribution in [0.4, 0.5) is 0 Å². The molecule has 1 atom stereocenters. The van der Waals surface area contributed by atoms with E-state index in [4.69, 9.17) is 20.4 Å². The lowest BCUT2D eigenvalue weighted by Crippen LogP contribution is -2.22. The first kappa shape index (κ1) is 20.8. The molecule has 1 unspecified atom stereocenters. The van der Waals surface area contributed by atoms with Crippen LogP contribution in [-0.2, 0) is 16.1 Å². The number of hydrogen-bond acceptors (Lipinski definition) is 6. The van der Waals surface area contributed by atoms with Gasteiger partial charge in [0, 0.05) is 18.4 Å². The Kier molecular flexibility index (Phi) is 6.96. The van der Waals surface area contributed by atoms with Gasteiger partial charge in [-0.25, -0.2) is 14.6 Å². The minimum atomic E-state index is -1.79. The van der Waals surface area contributed by atoms with Crippen LogP contribution in [0.2, 0.25) is 0 Å². The van der Waals surface area contributed by atoms with Crippen LogP contribution in [0, 0.1) is 6.92 Å². The van der Waals surface area contributed by atoms with Crippen LogP contribution in [0.5, 0.6) is 0 Å². The van der Waals surface area contributed by atoms with E-state index in [2.05, 4.69) is 4.98 Å². The van der Waals surface area contributed by atoms with E-state index in [0.29, 0.717) is 17.6 Å². The molecule has 2 heterocycles. The minimum Gasteiger partial charge on any atom is -0.481 e. The Labute approximate surface area is 147 Å². The van der Waals surface area contributed by atoms with Gasteiger partial charge in [0.1, 0.15) is 11.2 Å². The van der Waals surface area contributed by atoms with E-state index in [9.17, 15) is 19.2 Å². The number of aryl methyl sites for hydroxylation is 2. The molecule has 0 saturated heterocycles. The summed E-state index contributed by atoms with van der Waals surface area (Å²) < 4.78 is 1.67. The fraction of sp³-hybridized carbons (Fsp3) is 0.312. The van der Waals surface area contributed by atoms with E-state index in [1.165, 1.54) is 6.20 Å². The molecule has 0 aromatic carbocycles. The molecule has 4 N–H and O–H groups in total. The smallest absolute Gasteiger partial charge is 0.341 e. The maximum absolute atomic E-state index is 11.9. The number of rotatable bonds is 5. The van der Waals surface area contributed by atoms with Gasteiger partial charge in [0.25, 0.3) is 0 Å². The molecule has 0 aliphatic rings. The molecule has 0 bridgehead atoms. The average molecular weight is 366 g/mol. The highest BCUT2D eigenvalue weighted by Crippen LogP contribution is 2.10. The third-order valence-corrected chi connectivity index (χ3v) is 3.28. The highest BCUT2D eigenvalue weighted by atomic mass is 16.4. The van der Waals surface area contributed by atoms with E-state index in [1.54, 1.807) is 16.7 Å². The third-order valence-electron chi connectivity index (χ3n) is 3.28. The second-order valence-corrected chi connectivity index (χ2v) is 5.24. The van der Waals surface area contributed by atoms with Gasteiger partial charge in [-0.3, -0.25) is 9.59 Å². The number of carbonyl (C=O) groups is 3. The number of aromatic nitrogens is 2. The van der Waals surface area contributed by atoms with Crippen LogP contribution in [0.25, 0.3) is 11.0 Å². The van der Waals surface area contributed by atoms with Crippen LogP contribution in [0.15, 0.2) is 23.1 Å². The van der Waals surface area contributed by atoms with E-state index in [0.717, 1.165) is 5.69 Å². The minimum absolute atomic E-state index is 0.218. The summed E-state index contributed by atoms with van der Waals surface area (Å²) in [4.78, 5) is 46.6. The highest BCUT2D eigenvalue weighted by molar-refractivity contribution is 5.91. The number of aliphatic carboxylic acids is 2. The van der Waals surface area contributed by atoms with Crippen molar-refractivity contribution < 1.29 is 34.8 Å². The first-order valence-corrected chi connectivity index (χ1v) is 7.45. The van der Waals surface area contributed by atoms with Crippen molar-refractivity contribution in [3.05, 3.63) is 39.8 Å². The second kappa shape index (κ2) is 8.72. The summed E-state index contributed by atoms with van der Waals surface area (Å²) in [6, 6.07) is 3.33. The summed E-state index contributed by atoms with van der Waals surface area (Å²) >= 11 is 0. The molecule has 10 nitrogen and oxygen atoms in total. The second-order valence-electron chi connectivity index (χ2n) is 5.24. The Bertz CT molecular complexity index is 903. The molecule has 0 aliphatic carbocycles. The van der Waals surface area contributed by atoms with Gasteiger partial charge in [0.05, 0.1) is 11.8 Å². The monoisotopic (exact) mass is 366 g/mol. The molecule has 0 saturated carbocycles. The number of hydrogen-bond donors (Lipinski definition) is 4. The van der Waals surface area contributed by atoms with Crippen molar-refractivity contribution in [2.24, 2.45) is 0 Å². The van der Waals surface area contributed by atoms with Gasteiger partial charge in [0.15, 0.2) is 6.10 Å². The van der Waals surface area contributed by atoms with Gasteiger partial charge >= 0.3 is 17.9 Å². The zero-order valence-corrected chi connectivity index (χ0v) is 14.0. The normalized spacial score (nSPS) is 11.3. The quantitative estimate of drug-likeness (QED) is 0.583. The SMILES string of the molecule is CCn1cc(C(=O)O)c(=O)c2ccc(C)nc21.O=C(O)CC(O)C(=O)O. The van der Waals surface area contributed by atoms with Crippen molar-refractivity contribution in [3.8, 4) is 0 Å². The molecule has 0 spiro atoms. The van der Waals surface area contributed by atoms with Gasteiger partial charge in [-0.1, -0.05) is 0 Å². The molecular weight excluding hydrogens is 348 g/mol. The molecule has 26 heavy (non-hydrogen) atoms. The molecular formula is C16H18N2O8. The first-order chi connectivity index (χ1) is 12.1. The van der Waals surface area contributed by atoms with E-state index >= 15 is 0 Å². The van der Waals surface area contributed by atoms with Gasteiger partial charge in [-0.2, -0.15) is 0 Å². The molecule has 0 fully saturated rings. The molecule has 2 rings (SSSR count). The summed E-state index contributed by atoms with van der Waals surface area (Å²) in [5, 5.41) is 33.5. The van der Waals surface area contributed by atoms with E-state index in [-0.39, 0.29) is 5.56 Å². The molecule has 0 radical (unpaired) electrons. The number of nitrogens with zero attached hydrogens (tertiary/aromatic N) is 2. The van der Waals surface area contributed by atoms with Crippen molar-refractivity contribution in [1.29, 1.82) is 0 Å². The van der Waals surface area contributed by atoms with Crippen LogP contribution in [-0.4, -0.2) is 54.0 Å². The van der Waals surface area contributed by atoms with Crippen LogP contribution >= 0.6 is 0 Å². The third kappa shape index (κ3) is 5.11. The number of carboxylic acid groups (broad SMARTS) is 3. The first-order valence-electron chi connectivity index (χ1n) is 7.45. The van der Waals surface area contributed by atoms with Gasteiger partial charge in [-0.05, 0) is 26.0 Å². The molecule has 10 heteroatoms. The molecule has 140 valence electrons. The number of pyridine rings is 2. The van der Waals surface area contributed by atoms with E-state index in [1.807, 2.05) is 13.8 Å². The number of aliphatic hydroxyl groups is 1. The summed E-state index contributed by atoms with van der Waals surface area (Å²) in [5.74, 6) is -4.05. The summed E-state index contributed by atoms with van der Waals surface area (Å²) in [6.07, 6.45) is -1.20. The largest absolute Gasteiger partial charge is 0.481 e. The van der Waals surface area contributed by atoms with Crippen molar-refractivity contribution >= 4 is 28.9 Å². The van der Waals surface area contributed by atoms with Gasteiger partial charge in [0.2, 0.25) is 5.43 Å². The lowest BCUT2D eigenvalue weighted by Gasteiger charge is -2.09. The Hall–Kier alpha value is -3.27. The zero-order valence-electron chi connectivity index (χ0n) is 14.0. The predicted molar refractivity (Wildman–Crippen MR) is 89.3 cm³/mol. The number of aromatic carboxylic acids is 1. The van der Waals surface area contributed by atoms with E-state index < -0.39 is 35.9 Å². The van der Waals surface area contributed by atoms with Gasteiger partial charge < -0.3 is 25.0 Å². The Balaban J connectivity index is 0.000000321. The Morgan fingerprint density at radius 3 is 2.23 bits per heavy atom. The maximum atomic E-state index is 11.9. The molecule has 0 aliphatic heterocycles. The average Bonchev–Trinajstić information content (AvgIpc) is 2.54. The topological polar surface area (TPSA) is 167 Å². The number of aliphatic hydroxyl groups excluding tert-OH is 1. The Morgan fingerprint density at radius 2 is 1.81 bits per heavy atom. The lowest BCUT2D eigenvalue weighted by molar-refractivity contribution is -0.152. The number of carboxylic acids is 3. The summed E-state index contributed by atoms with van der Waals surface area (Å²) in [5.41, 5.74) is 0.624. The zero-order chi connectivity index (χ0) is 20.0. The summed E-state index contributed by atoms with van der Waals surface area (Å²) in [7, 11) is 0. The predicted octanol–water partition coefficient (Wildman–Crippen LogP) is 0.330. The van der Waals surface area contributed by atoms with Crippen LogP contribution in [0.1, 0.15) is 29.4 Å². The standard InChI is InChI=1S/C12H12N2O3.C4H6O5/c1-3-14-6-9(12(16)17)10(15)8-5-4-7(2)13-11(8)14;5-2(4(8)9)1-3(6)7/h4-6H,3H2,1-2H3,(H,16,17);2,5H,1H2,(H,6,7)(H,8,9). The maximum Gasteiger partial charge on any atom is 0.341 e. The summed E-state index contributed by atoms with van der Waals surface area (Å²) in [6.45, 7) is 4.27.